The number of rotatable bonds is 1. The van der Waals surface area contributed by atoms with Gasteiger partial charge in [0, 0.05) is 0 Å². The molecule has 0 saturated carbocycles. The van der Waals surface area contributed by atoms with Gasteiger partial charge in [-0.25, -0.2) is 0 Å². The minimum absolute atomic E-state index is 0.552. The van der Waals surface area contributed by atoms with Gasteiger partial charge in [0.05, 0.1) is 0 Å². The predicted molar refractivity (Wildman–Crippen MR) is 35.2 cm³/mol. The van der Waals surface area contributed by atoms with Gasteiger partial charge in [-0.1, -0.05) is 0 Å². The Balaban J connectivity index is 2.77. The number of hydrogen-bond acceptors (Lipinski definition) is 2. The molecule has 0 amide bonds. The molecule has 0 saturated heterocycles. The Kier molecular flexibility index (Phi) is 1.89. The van der Waals surface area contributed by atoms with Crippen LogP contribution in [0, 0.1) is 0 Å². The van der Waals surface area contributed by atoms with Gasteiger partial charge in [-0.15, -0.1) is 0 Å². The van der Waals surface area contributed by atoms with E-state index in [1.165, 1.54) is 0 Å². The van der Waals surface area contributed by atoms with Crippen molar-refractivity contribution in [3.05, 3.63) is 21.5 Å². The average molecular weight is 173 g/mol. The van der Waals surface area contributed by atoms with Gasteiger partial charge >= 0.3 is 53.2 Å². The molecule has 0 aliphatic rings. The van der Waals surface area contributed by atoms with Crippen LogP contribution in [0.4, 0.5) is 0 Å². The van der Waals surface area contributed by atoms with Gasteiger partial charge in [-0.2, -0.15) is 0 Å². The molecule has 0 atom stereocenters. The molecule has 0 aromatic carbocycles. The molecular weight excluding hydrogens is 167 g/mol. The van der Waals surface area contributed by atoms with Gasteiger partial charge < -0.3 is 0 Å². The van der Waals surface area contributed by atoms with Crippen LogP contribution in [0.1, 0.15) is 5.56 Å². The third kappa shape index (κ3) is 1.22. The maximum absolute atomic E-state index is 4.91. The summed E-state index contributed by atoms with van der Waals surface area (Å²) in [5.41, 5.74) is 1.13. The van der Waals surface area contributed by atoms with Crippen molar-refractivity contribution in [2.75, 3.05) is 0 Å². The van der Waals surface area contributed by atoms with E-state index < -0.39 is 0 Å². The summed E-state index contributed by atoms with van der Waals surface area (Å²) in [6.07, 6.45) is 1.66. The molecule has 8 heavy (non-hydrogen) atoms. The molecule has 0 unspecified atom stereocenters. The molecule has 0 aliphatic heterocycles. The summed E-state index contributed by atoms with van der Waals surface area (Å²) in [5.74, 6) is 4.91. The van der Waals surface area contributed by atoms with Crippen LogP contribution in [0.2, 0.25) is 0 Å². The SMILES string of the molecule is NN=Cc1cc[se]c1. The van der Waals surface area contributed by atoms with Crippen LogP contribution < -0.4 is 5.84 Å². The number of hydrogen-bond donors (Lipinski definition) is 1. The van der Waals surface area contributed by atoms with E-state index in [0.29, 0.717) is 14.5 Å². The van der Waals surface area contributed by atoms with Crippen LogP contribution in [-0.4, -0.2) is 20.7 Å². The van der Waals surface area contributed by atoms with Crippen LogP contribution in [0.25, 0.3) is 0 Å². The van der Waals surface area contributed by atoms with Crippen LogP contribution in [0.5, 0.6) is 0 Å². The van der Waals surface area contributed by atoms with E-state index >= 15 is 0 Å². The molecule has 0 radical (unpaired) electrons. The summed E-state index contributed by atoms with van der Waals surface area (Å²) in [7, 11) is 0. The predicted octanol–water partition coefficient (Wildman–Crippen LogP) is 0.0362. The van der Waals surface area contributed by atoms with Crippen molar-refractivity contribution in [1.82, 2.24) is 0 Å². The van der Waals surface area contributed by atoms with Gasteiger partial charge in [0.15, 0.2) is 0 Å². The van der Waals surface area contributed by atoms with Crippen molar-refractivity contribution in [3.8, 4) is 0 Å². The van der Waals surface area contributed by atoms with Crippen LogP contribution in [0.3, 0.4) is 0 Å². The first-order valence-electron chi connectivity index (χ1n) is 2.19. The van der Waals surface area contributed by atoms with Crippen molar-refractivity contribution in [3.63, 3.8) is 0 Å². The standard InChI is InChI=1S/C5H6N2Se/c6-7-3-5-1-2-8-4-5/h1-4H,6H2. The molecule has 42 valence electrons. The third-order valence-corrected chi connectivity index (χ3v) is 2.24. The first-order chi connectivity index (χ1) is 3.93. The second-order valence-electron chi connectivity index (χ2n) is 1.33. The molecule has 0 bridgehead atoms. The minimum atomic E-state index is 0.552. The van der Waals surface area contributed by atoms with Crippen LogP contribution >= 0.6 is 0 Å². The molecule has 1 aromatic rings. The second-order valence-corrected chi connectivity index (χ2v) is 2.97. The summed E-state index contributed by atoms with van der Waals surface area (Å²) in [6, 6.07) is 2.02. The topological polar surface area (TPSA) is 38.4 Å². The second kappa shape index (κ2) is 2.70. The molecule has 1 heterocycles. The summed E-state index contributed by atoms with van der Waals surface area (Å²) >= 11 is 0.552. The van der Waals surface area contributed by atoms with Gasteiger partial charge in [-0.3, -0.25) is 0 Å². The fourth-order valence-corrected chi connectivity index (χ4v) is 1.72. The van der Waals surface area contributed by atoms with E-state index in [4.69, 9.17) is 5.84 Å². The van der Waals surface area contributed by atoms with E-state index in [9.17, 15) is 0 Å². The Bertz CT molecular complexity index is 167. The summed E-state index contributed by atoms with van der Waals surface area (Å²) in [4.78, 5) is 4.26. The Hall–Kier alpha value is -0.531. The van der Waals surface area contributed by atoms with Crippen molar-refractivity contribution in [1.29, 1.82) is 0 Å². The van der Waals surface area contributed by atoms with Gasteiger partial charge in [-0.05, 0) is 0 Å². The Morgan fingerprint density at radius 3 is 3.12 bits per heavy atom. The fourth-order valence-electron chi connectivity index (χ4n) is 0.435. The molecule has 2 nitrogen and oxygen atoms in total. The van der Waals surface area contributed by atoms with E-state index in [1.54, 1.807) is 6.21 Å². The van der Waals surface area contributed by atoms with E-state index in [-0.39, 0.29) is 0 Å². The third-order valence-electron chi connectivity index (χ3n) is 0.767. The average Bonchev–Trinajstić information content (AvgIpc) is 2.19. The Morgan fingerprint density at radius 1 is 1.75 bits per heavy atom. The van der Waals surface area contributed by atoms with Crippen LogP contribution in [-0.2, 0) is 0 Å². The van der Waals surface area contributed by atoms with Gasteiger partial charge in [0.25, 0.3) is 0 Å². The summed E-state index contributed by atoms with van der Waals surface area (Å²) in [6.45, 7) is 0. The summed E-state index contributed by atoms with van der Waals surface area (Å²) in [5, 5.41) is 3.38. The fraction of sp³-hybridized carbons (Fsp3) is 0. The molecule has 0 aliphatic carbocycles. The molecular formula is C5H6N2Se. The van der Waals surface area contributed by atoms with Crippen molar-refractivity contribution in [2.45, 2.75) is 0 Å². The molecule has 0 fully saturated rings. The normalized spacial score (nSPS) is 10.5. The maximum atomic E-state index is 4.91. The first kappa shape index (κ1) is 5.60. The molecule has 1 aromatic heterocycles. The van der Waals surface area contributed by atoms with E-state index in [2.05, 4.69) is 15.0 Å². The van der Waals surface area contributed by atoms with E-state index in [1.807, 2.05) is 6.07 Å². The van der Waals surface area contributed by atoms with Crippen molar-refractivity contribution < 1.29 is 0 Å². The number of nitrogens with zero attached hydrogens (tertiary/aromatic N) is 1. The molecule has 3 heteroatoms. The number of nitrogens with two attached hydrogens (primary N) is 1. The van der Waals surface area contributed by atoms with E-state index in [0.717, 1.165) is 5.56 Å². The molecule has 0 spiro atoms. The van der Waals surface area contributed by atoms with Crippen LogP contribution in [0.15, 0.2) is 21.0 Å². The Morgan fingerprint density at radius 2 is 2.62 bits per heavy atom. The van der Waals surface area contributed by atoms with Gasteiger partial charge in [0.2, 0.25) is 0 Å². The zero-order chi connectivity index (χ0) is 5.82. The zero-order valence-corrected chi connectivity index (χ0v) is 5.96. The van der Waals surface area contributed by atoms with Crippen molar-refractivity contribution in [2.24, 2.45) is 10.9 Å². The van der Waals surface area contributed by atoms with Gasteiger partial charge in [0.1, 0.15) is 0 Å². The molecule has 1 rings (SSSR count). The zero-order valence-electron chi connectivity index (χ0n) is 4.24. The van der Waals surface area contributed by atoms with Crippen molar-refractivity contribution >= 4 is 20.7 Å². The first-order valence-corrected chi connectivity index (χ1v) is 4.17. The quantitative estimate of drug-likeness (QED) is 0.277. The number of hydrazone groups is 1. The monoisotopic (exact) mass is 174 g/mol. The molecule has 2 N–H and O–H groups in total. The Labute approximate surface area is 53.8 Å². The summed E-state index contributed by atoms with van der Waals surface area (Å²) < 4.78 is 0.